The van der Waals surface area contributed by atoms with Gasteiger partial charge in [0.25, 0.3) is 0 Å². The lowest BCUT2D eigenvalue weighted by Crippen LogP contribution is -2.28. The van der Waals surface area contributed by atoms with Gasteiger partial charge in [0.15, 0.2) is 0 Å². The molecule has 0 aliphatic carbocycles. The molecule has 0 spiro atoms. The summed E-state index contributed by atoms with van der Waals surface area (Å²) in [4.78, 5) is 10.4. The fourth-order valence-corrected chi connectivity index (χ4v) is 0.329. The maximum atomic E-state index is 10.4. The number of ether oxygens (including phenoxy) is 1. The highest BCUT2D eigenvalue weighted by atomic mass is 16.5. The minimum absolute atomic E-state index is 0.159. The van der Waals surface area contributed by atoms with Crippen LogP contribution in [0, 0.1) is 5.41 Å². The maximum Gasteiger partial charge on any atom is 0.312 e. The molecule has 0 heterocycles. The Morgan fingerprint density at radius 1 is 1.80 bits per heavy atom. The first kappa shape index (κ1) is 9.01. The topological polar surface area (TPSA) is 46.5 Å². The van der Waals surface area contributed by atoms with Gasteiger partial charge in [-0.2, -0.15) is 0 Å². The molecule has 0 aromatic heterocycles. The smallest absolute Gasteiger partial charge is 0.312 e. The second-order valence-corrected chi connectivity index (χ2v) is 2.67. The van der Waals surface area contributed by atoms with Crippen LogP contribution < -0.4 is 0 Å². The van der Waals surface area contributed by atoms with Crippen molar-refractivity contribution in [1.29, 1.82) is 0 Å². The molecule has 0 saturated carbocycles. The van der Waals surface area contributed by atoms with Gasteiger partial charge >= 0.3 is 5.97 Å². The van der Waals surface area contributed by atoms with Gasteiger partial charge in [0.1, 0.15) is 6.61 Å². The monoisotopic (exact) mass is 144 g/mol. The van der Waals surface area contributed by atoms with Gasteiger partial charge in [0.05, 0.1) is 11.7 Å². The SMILES string of the molecule is C=COCC(C)(C)C(=O)O. The molecule has 10 heavy (non-hydrogen) atoms. The molecule has 0 amide bonds. The summed E-state index contributed by atoms with van der Waals surface area (Å²) in [5.41, 5.74) is -0.825. The molecule has 0 radical (unpaired) electrons. The lowest BCUT2D eigenvalue weighted by molar-refractivity contribution is -0.149. The van der Waals surface area contributed by atoms with Crippen molar-refractivity contribution in [3.8, 4) is 0 Å². The second kappa shape index (κ2) is 3.25. The number of carbonyl (C=O) groups is 1. The van der Waals surface area contributed by atoms with Gasteiger partial charge in [0.2, 0.25) is 0 Å². The van der Waals surface area contributed by atoms with Crippen LogP contribution in [0.5, 0.6) is 0 Å². The summed E-state index contributed by atoms with van der Waals surface area (Å²) in [6.07, 6.45) is 1.24. The molecular weight excluding hydrogens is 132 g/mol. The number of carboxylic acids is 1. The van der Waals surface area contributed by atoms with Gasteiger partial charge in [-0.1, -0.05) is 6.58 Å². The van der Waals surface area contributed by atoms with Crippen LogP contribution >= 0.6 is 0 Å². The van der Waals surface area contributed by atoms with E-state index >= 15 is 0 Å². The van der Waals surface area contributed by atoms with E-state index in [9.17, 15) is 4.79 Å². The van der Waals surface area contributed by atoms with Gasteiger partial charge in [-0.15, -0.1) is 0 Å². The number of rotatable bonds is 4. The van der Waals surface area contributed by atoms with Crippen molar-refractivity contribution in [1.82, 2.24) is 0 Å². The zero-order chi connectivity index (χ0) is 8.20. The van der Waals surface area contributed by atoms with Crippen molar-refractivity contribution in [3.05, 3.63) is 12.8 Å². The molecule has 3 heteroatoms. The van der Waals surface area contributed by atoms with E-state index in [1.54, 1.807) is 13.8 Å². The average Bonchev–Trinajstić information content (AvgIpc) is 1.84. The predicted octanol–water partition coefficient (Wildman–Crippen LogP) is 1.26. The third kappa shape index (κ3) is 2.53. The van der Waals surface area contributed by atoms with E-state index in [1.165, 1.54) is 6.26 Å². The number of carboxylic acid groups (broad SMARTS) is 1. The molecule has 0 unspecified atom stereocenters. The first-order chi connectivity index (χ1) is 4.50. The minimum Gasteiger partial charge on any atom is -0.501 e. The van der Waals surface area contributed by atoms with Gasteiger partial charge < -0.3 is 9.84 Å². The summed E-state index contributed by atoms with van der Waals surface area (Å²) in [5, 5.41) is 8.55. The highest BCUT2D eigenvalue weighted by Gasteiger charge is 2.27. The molecule has 0 aliphatic heterocycles. The number of hydrogen-bond acceptors (Lipinski definition) is 2. The molecule has 58 valence electrons. The fourth-order valence-electron chi connectivity index (χ4n) is 0.329. The molecule has 0 fully saturated rings. The van der Waals surface area contributed by atoms with Crippen LogP contribution in [-0.4, -0.2) is 17.7 Å². The van der Waals surface area contributed by atoms with Gasteiger partial charge in [0, 0.05) is 0 Å². The van der Waals surface area contributed by atoms with E-state index < -0.39 is 11.4 Å². The summed E-state index contributed by atoms with van der Waals surface area (Å²) in [6, 6.07) is 0. The lowest BCUT2D eigenvalue weighted by Gasteiger charge is -2.17. The van der Waals surface area contributed by atoms with Crippen molar-refractivity contribution in [2.45, 2.75) is 13.8 Å². The van der Waals surface area contributed by atoms with Crippen LogP contribution in [0.2, 0.25) is 0 Å². The summed E-state index contributed by atoms with van der Waals surface area (Å²) in [6.45, 7) is 6.66. The first-order valence-corrected chi connectivity index (χ1v) is 2.96. The normalized spacial score (nSPS) is 10.6. The van der Waals surface area contributed by atoms with E-state index in [1.807, 2.05) is 0 Å². The molecule has 3 nitrogen and oxygen atoms in total. The Labute approximate surface area is 60.3 Å². The Kier molecular flexibility index (Phi) is 2.93. The van der Waals surface area contributed by atoms with E-state index in [0.29, 0.717) is 0 Å². The molecule has 1 N–H and O–H groups in total. The molecule has 0 atom stereocenters. The van der Waals surface area contributed by atoms with Crippen LogP contribution in [0.1, 0.15) is 13.8 Å². The fraction of sp³-hybridized carbons (Fsp3) is 0.571. The molecule has 0 aliphatic rings. The Bertz CT molecular complexity index is 138. The standard InChI is InChI=1S/C7H12O3/c1-4-10-5-7(2,3)6(8)9/h4H,1,5H2,2-3H3,(H,8,9). The largest absolute Gasteiger partial charge is 0.501 e. The van der Waals surface area contributed by atoms with Crippen LogP contribution in [-0.2, 0) is 9.53 Å². The van der Waals surface area contributed by atoms with Crippen molar-refractivity contribution in [2.24, 2.45) is 5.41 Å². The predicted molar refractivity (Wildman–Crippen MR) is 37.6 cm³/mol. The Balaban J connectivity index is 3.86. The van der Waals surface area contributed by atoms with E-state index in [2.05, 4.69) is 6.58 Å². The van der Waals surface area contributed by atoms with Crippen LogP contribution in [0.3, 0.4) is 0 Å². The van der Waals surface area contributed by atoms with E-state index in [-0.39, 0.29) is 6.61 Å². The summed E-state index contributed by atoms with van der Waals surface area (Å²) >= 11 is 0. The maximum absolute atomic E-state index is 10.4. The van der Waals surface area contributed by atoms with Gasteiger partial charge in [-0.25, -0.2) is 0 Å². The van der Waals surface area contributed by atoms with Crippen LogP contribution in [0.25, 0.3) is 0 Å². The minimum atomic E-state index is -0.866. The molecule has 0 bridgehead atoms. The van der Waals surface area contributed by atoms with Crippen LogP contribution in [0.4, 0.5) is 0 Å². The van der Waals surface area contributed by atoms with E-state index in [4.69, 9.17) is 9.84 Å². The molecule has 0 saturated heterocycles. The van der Waals surface area contributed by atoms with Crippen molar-refractivity contribution < 1.29 is 14.6 Å². The van der Waals surface area contributed by atoms with Gasteiger partial charge in [-0.05, 0) is 13.8 Å². The molecule has 0 aromatic carbocycles. The zero-order valence-corrected chi connectivity index (χ0v) is 6.26. The molecular formula is C7H12O3. The highest BCUT2D eigenvalue weighted by Crippen LogP contribution is 2.14. The number of aliphatic carboxylic acids is 1. The van der Waals surface area contributed by atoms with Gasteiger partial charge in [-0.3, -0.25) is 4.79 Å². The number of hydrogen-bond donors (Lipinski definition) is 1. The third-order valence-corrected chi connectivity index (χ3v) is 1.14. The van der Waals surface area contributed by atoms with Crippen molar-refractivity contribution in [2.75, 3.05) is 6.61 Å². The Morgan fingerprint density at radius 2 is 2.30 bits per heavy atom. The summed E-state index contributed by atoms with van der Waals surface area (Å²) in [5.74, 6) is -0.866. The zero-order valence-electron chi connectivity index (χ0n) is 6.26. The summed E-state index contributed by atoms with van der Waals surface area (Å²) in [7, 11) is 0. The molecule has 0 aromatic rings. The quantitative estimate of drug-likeness (QED) is 0.604. The second-order valence-electron chi connectivity index (χ2n) is 2.67. The Hall–Kier alpha value is -0.990. The summed E-state index contributed by atoms with van der Waals surface area (Å²) < 4.78 is 4.74. The third-order valence-electron chi connectivity index (χ3n) is 1.14. The highest BCUT2D eigenvalue weighted by molar-refractivity contribution is 5.73. The van der Waals surface area contributed by atoms with E-state index in [0.717, 1.165) is 0 Å². The first-order valence-electron chi connectivity index (χ1n) is 2.96. The Morgan fingerprint density at radius 3 is 2.60 bits per heavy atom. The average molecular weight is 144 g/mol. The van der Waals surface area contributed by atoms with Crippen molar-refractivity contribution in [3.63, 3.8) is 0 Å². The lowest BCUT2D eigenvalue weighted by atomic mass is 9.95. The van der Waals surface area contributed by atoms with Crippen LogP contribution in [0.15, 0.2) is 12.8 Å². The van der Waals surface area contributed by atoms with Crippen molar-refractivity contribution >= 4 is 5.97 Å². The molecule has 0 rings (SSSR count).